The second kappa shape index (κ2) is 7.67. The fourth-order valence-electron chi connectivity index (χ4n) is 3.13. The number of nitrogens with zero attached hydrogens (tertiary/aromatic N) is 3. The molecule has 0 fully saturated rings. The molecule has 3 heterocycles. The first kappa shape index (κ1) is 19.1. The Labute approximate surface area is 168 Å². The number of para-hydroxylation sites is 1. The van der Waals surface area contributed by atoms with Crippen molar-refractivity contribution in [3.8, 4) is 11.5 Å². The SMILES string of the molecule is Cc1nn(C)c2nc(-c3ccco3)cc(C(=O)Nc3ccccc3SC(F)F)c12. The van der Waals surface area contributed by atoms with Crippen LogP contribution in [0.25, 0.3) is 22.5 Å². The summed E-state index contributed by atoms with van der Waals surface area (Å²) in [6.07, 6.45) is 1.52. The highest BCUT2D eigenvalue weighted by Gasteiger charge is 2.21. The average Bonchev–Trinajstić information content (AvgIpc) is 3.31. The summed E-state index contributed by atoms with van der Waals surface area (Å²) in [6, 6.07) is 11.5. The van der Waals surface area contributed by atoms with Crippen LogP contribution in [0, 0.1) is 6.92 Å². The van der Waals surface area contributed by atoms with E-state index >= 15 is 0 Å². The van der Waals surface area contributed by atoms with Crippen LogP contribution in [0.3, 0.4) is 0 Å². The third-order valence-corrected chi connectivity index (χ3v) is 5.13. The number of benzene rings is 1. The number of halogens is 2. The molecule has 0 aliphatic rings. The van der Waals surface area contributed by atoms with Crippen molar-refractivity contribution in [2.75, 3.05) is 5.32 Å². The van der Waals surface area contributed by atoms with Crippen LogP contribution in [0.4, 0.5) is 14.5 Å². The van der Waals surface area contributed by atoms with Crippen molar-refractivity contribution in [3.05, 3.63) is 60.0 Å². The minimum Gasteiger partial charge on any atom is -0.463 e. The first-order chi connectivity index (χ1) is 13.9. The monoisotopic (exact) mass is 414 g/mol. The lowest BCUT2D eigenvalue weighted by atomic mass is 10.1. The zero-order valence-electron chi connectivity index (χ0n) is 15.5. The number of thioether (sulfide) groups is 1. The van der Waals surface area contributed by atoms with Crippen LogP contribution < -0.4 is 5.32 Å². The van der Waals surface area contributed by atoms with Gasteiger partial charge < -0.3 is 9.73 Å². The molecule has 9 heteroatoms. The largest absolute Gasteiger partial charge is 0.463 e. The van der Waals surface area contributed by atoms with Crippen LogP contribution >= 0.6 is 11.8 Å². The first-order valence-corrected chi connectivity index (χ1v) is 9.55. The van der Waals surface area contributed by atoms with Gasteiger partial charge in [-0.25, -0.2) is 4.98 Å². The van der Waals surface area contributed by atoms with Crippen molar-refractivity contribution < 1.29 is 18.0 Å². The fourth-order valence-corrected chi connectivity index (χ4v) is 3.73. The van der Waals surface area contributed by atoms with Crippen LogP contribution in [0.2, 0.25) is 0 Å². The number of anilines is 1. The Morgan fingerprint density at radius 2 is 2.03 bits per heavy atom. The van der Waals surface area contributed by atoms with Gasteiger partial charge in [0, 0.05) is 11.9 Å². The second-order valence-corrected chi connectivity index (χ2v) is 7.30. The van der Waals surface area contributed by atoms with Gasteiger partial charge in [-0.15, -0.1) is 0 Å². The van der Waals surface area contributed by atoms with E-state index < -0.39 is 11.7 Å². The van der Waals surface area contributed by atoms with Crippen LogP contribution in [0.15, 0.2) is 58.0 Å². The molecule has 0 atom stereocenters. The normalized spacial score (nSPS) is 11.3. The number of rotatable bonds is 5. The number of hydrogen-bond acceptors (Lipinski definition) is 5. The highest BCUT2D eigenvalue weighted by molar-refractivity contribution is 7.99. The van der Waals surface area contributed by atoms with Crippen LogP contribution in [-0.2, 0) is 7.05 Å². The van der Waals surface area contributed by atoms with Gasteiger partial charge in [-0.1, -0.05) is 23.9 Å². The maximum Gasteiger partial charge on any atom is 0.288 e. The smallest absolute Gasteiger partial charge is 0.288 e. The van der Waals surface area contributed by atoms with E-state index in [1.807, 2.05) is 0 Å². The number of nitrogens with one attached hydrogen (secondary N) is 1. The summed E-state index contributed by atoms with van der Waals surface area (Å²) in [5, 5.41) is 7.70. The molecule has 0 aliphatic carbocycles. The molecule has 148 valence electrons. The minimum atomic E-state index is -2.59. The second-order valence-electron chi connectivity index (χ2n) is 6.27. The predicted molar refractivity (Wildman–Crippen MR) is 107 cm³/mol. The number of aromatic nitrogens is 3. The van der Waals surface area contributed by atoms with Gasteiger partial charge >= 0.3 is 0 Å². The Balaban J connectivity index is 1.80. The van der Waals surface area contributed by atoms with Crippen molar-refractivity contribution in [3.63, 3.8) is 0 Å². The van der Waals surface area contributed by atoms with E-state index in [0.29, 0.717) is 51.2 Å². The highest BCUT2D eigenvalue weighted by atomic mass is 32.2. The van der Waals surface area contributed by atoms with Gasteiger partial charge in [0.15, 0.2) is 11.4 Å². The maximum atomic E-state index is 13.1. The van der Waals surface area contributed by atoms with Gasteiger partial charge in [0.05, 0.1) is 28.6 Å². The molecule has 6 nitrogen and oxygen atoms in total. The van der Waals surface area contributed by atoms with Crippen molar-refractivity contribution >= 4 is 34.4 Å². The molecule has 0 bridgehead atoms. The molecule has 0 aliphatic heterocycles. The molecule has 1 aromatic carbocycles. The van der Waals surface area contributed by atoms with Gasteiger partial charge in [0.2, 0.25) is 0 Å². The number of alkyl halides is 2. The summed E-state index contributed by atoms with van der Waals surface area (Å²) in [7, 11) is 1.74. The molecule has 3 aromatic heterocycles. The van der Waals surface area contributed by atoms with E-state index in [1.54, 1.807) is 55.1 Å². The number of fused-ring (bicyclic) bond motifs is 1. The number of furan rings is 1. The van der Waals surface area contributed by atoms with E-state index in [2.05, 4.69) is 15.4 Å². The third-order valence-electron chi connectivity index (χ3n) is 4.34. The lowest BCUT2D eigenvalue weighted by Gasteiger charge is -2.12. The van der Waals surface area contributed by atoms with E-state index in [-0.39, 0.29) is 4.90 Å². The minimum absolute atomic E-state index is 0.287. The van der Waals surface area contributed by atoms with Gasteiger partial charge in [-0.2, -0.15) is 13.9 Å². The highest BCUT2D eigenvalue weighted by Crippen LogP contribution is 2.33. The Morgan fingerprint density at radius 1 is 1.24 bits per heavy atom. The third kappa shape index (κ3) is 3.73. The summed E-state index contributed by atoms with van der Waals surface area (Å²) < 4.78 is 32.7. The summed E-state index contributed by atoms with van der Waals surface area (Å²) in [5.74, 6) is -2.52. The summed E-state index contributed by atoms with van der Waals surface area (Å²) in [4.78, 5) is 18.0. The number of amides is 1. The first-order valence-electron chi connectivity index (χ1n) is 8.67. The molecular weight excluding hydrogens is 398 g/mol. The summed E-state index contributed by atoms with van der Waals surface area (Å²) in [6.45, 7) is 1.79. The van der Waals surface area contributed by atoms with Crippen molar-refractivity contribution in [1.82, 2.24) is 14.8 Å². The fraction of sp³-hybridized carbons (Fsp3) is 0.150. The van der Waals surface area contributed by atoms with Gasteiger partial charge in [0.25, 0.3) is 11.7 Å². The van der Waals surface area contributed by atoms with Crippen LogP contribution in [0.1, 0.15) is 16.1 Å². The zero-order valence-corrected chi connectivity index (χ0v) is 16.3. The predicted octanol–water partition coefficient (Wildman–Crippen LogP) is 5.10. The van der Waals surface area contributed by atoms with E-state index in [0.717, 1.165) is 0 Å². The van der Waals surface area contributed by atoms with Crippen LogP contribution in [0.5, 0.6) is 0 Å². The Hall–Kier alpha value is -3.20. The number of carbonyl (C=O) groups is 1. The molecule has 4 aromatic rings. The molecule has 1 amide bonds. The van der Waals surface area contributed by atoms with Gasteiger partial charge in [-0.3, -0.25) is 9.48 Å². The van der Waals surface area contributed by atoms with Crippen LogP contribution in [-0.4, -0.2) is 26.4 Å². The number of pyridine rings is 1. The topological polar surface area (TPSA) is 73.0 Å². The Kier molecular flexibility index (Phi) is 5.06. The standard InChI is InChI=1S/C20H16F2N4O2S/c1-11-17-12(19(27)24-13-6-3-4-8-16(13)29-20(21)22)10-14(15-7-5-9-28-15)23-18(17)26(2)25-11/h3-10,20H,1-2H3,(H,24,27). The lowest BCUT2D eigenvalue weighted by Crippen LogP contribution is -2.14. The molecule has 29 heavy (non-hydrogen) atoms. The molecule has 0 saturated carbocycles. The molecular formula is C20H16F2N4O2S. The van der Waals surface area contributed by atoms with Crippen molar-refractivity contribution in [1.29, 1.82) is 0 Å². The lowest BCUT2D eigenvalue weighted by molar-refractivity contribution is 0.102. The van der Waals surface area contributed by atoms with E-state index in [4.69, 9.17) is 4.42 Å². The Morgan fingerprint density at radius 3 is 2.76 bits per heavy atom. The van der Waals surface area contributed by atoms with E-state index in [9.17, 15) is 13.6 Å². The number of hydrogen-bond donors (Lipinski definition) is 1. The molecule has 0 radical (unpaired) electrons. The van der Waals surface area contributed by atoms with Crippen molar-refractivity contribution in [2.45, 2.75) is 17.6 Å². The quantitative estimate of drug-likeness (QED) is 0.460. The van der Waals surface area contributed by atoms with Gasteiger partial charge in [-0.05, 0) is 37.3 Å². The molecule has 0 unspecified atom stereocenters. The summed E-state index contributed by atoms with van der Waals surface area (Å²) in [5.41, 5.74) is 2.29. The molecule has 0 saturated heterocycles. The maximum absolute atomic E-state index is 13.1. The zero-order chi connectivity index (χ0) is 20.5. The molecule has 0 spiro atoms. The summed E-state index contributed by atoms with van der Waals surface area (Å²) >= 11 is 0.382. The Bertz CT molecular complexity index is 1190. The van der Waals surface area contributed by atoms with Crippen molar-refractivity contribution in [2.24, 2.45) is 7.05 Å². The van der Waals surface area contributed by atoms with Gasteiger partial charge in [0.1, 0.15) is 5.69 Å². The molecule has 4 rings (SSSR count). The average molecular weight is 414 g/mol. The number of carbonyl (C=O) groups excluding carboxylic acids is 1. The van der Waals surface area contributed by atoms with E-state index in [1.165, 1.54) is 12.3 Å². The number of aryl methyl sites for hydroxylation is 2. The molecule has 1 N–H and O–H groups in total.